The van der Waals surface area contributed by atoms with Crippen LogP contribution in [0.15, 0.2) is 47.5 Å². The van der Waals surface area contributed by atoms with Crippen molar-refractivity contribution in [2.45, 2.75) is 6.92 Å². The summed E-state index contributed by atoms with van der Waals surface area (Å²) in [5.41, 5.74) is 2.73. The first-order chi connectivity index (χ1) is 8.70. The van der Waals surface area contributed by atoms with Gasteiger partial charge in [-0.15, -0.1) is 0 Å². The van der Waals surface area contributed by atoms with Crippen LogP contribution in [0.3, 0.4) is 0 Å². The molecule has 0 saturated heterocycles. The van der Waals surface area contributed by atoms with E-state index in [-0.39, 0.29) is 5.75 Å². The van der Waals surface area contributed by atoms with Crippen LogP contribution in [-0.4, -0.2) is 11.3 Å². The Morgan fingerprint density at radius 1 is 1.22 bits per heavy atom. The smallest absolute Gasteiger partial charge is 0.127 e. The largest absolute Gasteiger partial charge is 0.507 e. The minimum atomic E-state index is 0.234. The minimum Gasteiger partial charge on any atom is -0.507 e. The van der Waals surface area contributed by atoms with Gasteiger partial charge in [0.15, 0.2) is 0 Å². The Morgan fingerprint density at radius 2 is 2.00 bits per heavy atom. The second kappa shape index (κ2) is 5.15. The van der Waals surface area contributed by atoms with Crippen LogP contribution in [0.2, 0.25) is 0 Å². The zero-order chi connectivity index (χ0) is 13.0. The van der Waals surface area contributed by atoms with E-state index in [0.29, 0.717) is 16.8 Å². The van der Waals surface area contributed by atoms with Crippen LogP contribution >= 0.6 is 0 Å². The molecule has 1 N–H and O–H groups in total. The highest BCUT2D eigenvalue weighted by atomic mass is 16.3. The number of nitrogens with zero attached hydrogens (tertiary/aromatic N) is 2. The van der Waals surface area contributed by atoms with Gasteiger partial charge in [-0.2, -0.15) is 5.26 Å². The first-order valence-corrected chi connectivity index (χ1v) is 5.53. The van der Waals surface area contributed by atoms with E-state index in [0.717, 1.165) is 5.56 Å². The molecule has 2 aromatic carbocycles. The first kappa shape index (κ1) is 11.9. The van der Waals surface area contributed by atoms with Gasteiger partial charge in [0.1, 0.15) is 5.75 Å². The summed E-state index contributed by atoms with van der Waals surface area (Å²) in [6, 6.07) is 14.6. The molecule has 0 heterocycles. The summed E-state index contributed by atoms with van der Waals surface area (Å²) in [7, 11) is 0. The molecule has 2 rings (SSSR count). The fourth-order valence-electron chi connectivity index (χ4n) is 1.59. The summed E-state index contributed by atoms with van der Waals surface area (Å²) in [6.45, 7) is 1.84. The summed E-state index contributed by atoms with van der Waals surface area (Å²) in [6.07, 6.45) is 1.60. The fourth-order valence-corrected chi connectivity index (χ4v) is 1.59. The van der Waals surface area contributed by atoms with Crippen molar-refractivity contribution in [1.82, 2.24) is 0 Å². The Labute approximate surface area is 106 Å². The molecule has 0 atom stereocenters. The summed E-state index contributed by atoms with van der Waals surface area (Å²) >= 11 is 0. The van der Waals surface area contributed by atoms with Crippen molar-refractivity contribution in [3.05, 3.63) is 59.2 Å². The van der Waals surface area contributed by atoms with Gasteiger partial charge in [0.25, 0.3) is 0 Å². The molecule has 88 valence electrons. The molecule has 0 aromatic heterocycles. The van der Waals surface area contributed by atoms with Crippen LogP contribution in [0.25, 0.3) is 0 Å². The van der Waals surface area contributed by atoms with Gasteiger partial charge in [-0.3, -0.25) is 4.99 Å². The Hall–Kier alpha value is -2.60. The number of hydrogen-bond donors (Lipinski definition) is 1. The summed E-state index contributed by atoms with van der Waals surface area (Å²) < 4.78 is 0. The number of aromatic hydroxyl groups is 1. The average Bonchev–Trinajstić information content (AvgIpc) is 2.41. The monoisotopic (exact) mass is 236 g/mol. The molecule has 0 aliphatic heterocycles. The van der Waals surface area contributed by atoms with Gasteiger partial charge in [-0.25, -0.2) is 0 Å². The zero-order valence-electron chi connectivity index (χ0n) is 9.96. The van der Waals surface area contributed by atoms with E-state index in [2.05, 4.69) is 11.1 Å². The molecule has 3 heteroatoms. The van der Waals surface area contributed by atoms with Gasteiger partial charge in [0.2, 0.25) is 0 Å². The molecule has 0 bridgehead atoms. The number of para-hydroxylation sites is 1. The van der Waals surface area contributed by atoms with Crippen molar-refractivity contribution >= 4 is 11.9 Å². The predicted octanol–water partition coefficient (Wildman–Crippen LogP) is 3.32. The van der Waals surface area contributed by atoms with Crippen LogP contribution in [0.4, 0.5) is 5.69 Å². The van der Waals surface area contributed by atoms with E-state index in [4.69, 9.17) is 5.26 Å². The summed E-state index contributed by atoms with van der Waals surface area (Å²) in [4.78, 5) is 4.25. The minimum absolute atomic E-state index is 0.234. The summed E-state index contributed by atoms with van der Waals surface area (Å²) in [5.74, 6) is 0.234. The van der Waals surface area contributed by atoms with Gasteiger partial charge >= 0.3 is 0 Å². The molecule has 3 nitrogen and oxygen atoms in total. The zero-order valence-corrected chi connectivity index (χ0v) is 9.96. The molecule has 0 saturated carbocycles. The molecule has 0 unspecified atom stereocenters. The van der Waals surface area contributed by atoms with Crippen molar-refractivity contribution < 1.29 is 5.11 Å². The number of aryl methyl sites for hydroxylation is 1. The van der Waals surface area contributed by atoms with Gasteiger partial charge < -0.3 is 5.11 Å². The van der Waals surface area contributed by atoms with Crippen LogP contribution in [-0.2, 0) is 0 Å². The Bertz CT molecular complexity index is 639. The van der Waals surface area contributed by atoms with Crippen LogP contribution in [0, 0.1) is 18.3 Å². The number of hydrogen-bond acceptors (Lipinski definition) is 3. The van der Waals surface area contributed by atoms with E-state index in [1.165, 1.54) is 0 Å². The third-order valence-corrected chi connectivity index (χ3v) is 2.60. The first-order valence-electron chi connectivity index (χ1n) is 5.53. The highest BCUT2D eigenvalue weighted by molar-refractivity contribution is 5.85. The molecule has 18 heavy (non-hydrogen) atoms. The number of nitriles is 1. The van der Waals surface area contributed by atoms with Crippen molar-refractivity contribution in [3.8, 4) is 11.8 Å². The second-order valence-corrected chi connectivity index (χ2v) is 3.93. The van der Waals surface area contributed by atoms with E-state index in [1.54, 1.807) is 30.5 Å². The Kier molecular flexibility index (Phi) is 3.40. The fraction of sp³-hybridized carbons (Fsp3) is 0.0667. The molecule has 0 aliphatic rings. The van der Waals surface area contributed by atoms with Gasteiger partial charge in [-0.05, 0) is 36.8 Å². The lowest BCUT2D eigenvalue weighted by atomic mass is 10.1. The standard InChI is InChI=1S/C15H12N2O/c1-11-4-2-6-13(15(11)18)10-17-14-7-3-5-12(8-14)9-16/h2-8,10,18H,1H3. The normalized spacial score (nSPS) is 10.4. The van der Waals surface area contributed by atoms with E-state index in [9.17, 15) is 5.11 Å². The number of phenolic OH excluding ortho intramolecular Hbond substituents is 1. The number of phenols is 1. The van der Waals surface area contributed by atoms with Crippen molar-refractivity contribution in [2.75, 3.05) is 0 Å². The second-order valence-electron chi connectivity index (χ2n) is 3.93. The topological polar surface area (TPSA) is 56.4 Å². The SMILES string of the molecule is Cc1cccc(C=Nc2cccc(C#N)c2)c1O. The lowest BCUT2D eigenvalue weighted by molar-refractivity contribution is 0.470. The highest BCUT2D eigenvalue weighted by Crippen LogP contribution is 2.21. The van der Waals surface area contributed by atoms with E-state index in [1.807, 2.05) is 25.1 Å². The lowest BCUT2D eigenvalue weighted by Gasteiger charge is -2.01. The Morgan fingerprint density at radius 3 is 2.78 bits per heavy atom. The van der Waals surface area contributed by atoms with Crippen LogP contribution in [0.5, 0.6) is 5.75 Å². The number of rotatable bonds is 2. The molecule has 0 radical (unpaired) electrons. The van der Waals surface area contributed by atoms with E-state index >= 15 is 0 Å². The van der Waals surface area contributed by atoms with E-state index < -0.39 is 0 Å². The highest BCUT2D eigenvalue weighted by Gasteiger charge is 2.00. The molecule has 0 spiro atoms. The van der Waals surface area contributed by atoms with Crippen molar-refractivity contribution in [2.24, 2.45) is 4.99 Å². The molecular formula is C15H12N2O. The molecule has 0 aliphatic carbocycles. The van der Waals surface area contributed by atoms with Crippen molar-refractivity contribution in [3.63, 3.8) is 0 Å². The summed E-state index contributed by atoms with van der Waals surface area (Å²) in [5, 5.41) is 18.6. The molecule has 0 fully saturated rings. The maximum Gasteiger partial charge on any atom is 0.127 e. The van der Waals surface area contributed by atoms with Gasteiger partial charge in [0, 0.05) is 11.8 Å². The van der Waals surface area contributed by atoms with Crippen molar-refractivity contribution in [1.29, 1.82) is 5.26 Å². The average molecular weight is 236 g/mol. The quantitative estimate of drug-likeness (QED) is 0.813. The van der Waals surface area contributed by atoms with Gasteiger partial charge in [0.05, 0.1) is 17.3 Å². The van der Waals surface area contributed by atoms with Gasteiger partial charge in [-0.1, -0.05) is 18.2 Å². The number of aliphatic imine (C=N–C) groups is 1. The molecule has 0 amide bonds. The third kappa shape index (κ3) is 2.55. The maximum absolute atomic E-state index is 9.83. The maximum atomic E-state index is 9.83. The molecule has 2 aromatic rings. The van der Waals surface area contributed by atoms with Crippen LogP contribution in [0.1, 0.15) is 16.7 Å². The predicted molar refractivity (Wildman–Crippen MR) is 71.3 cm³/mol. The van der Waals surface area contributed by atoms with Crippen LogP contribution < -0.4 is 0 Å². The molecular weight excluding hydrogens is 224 g/mol. The third-order valence-electron chi connectivity index (χ3n) is 2.60. The Balaban J connectivity index is 2.30. The number of benzene rings is 2. The lowest BCUT2D eigenvalue weighted by Crippen LogP contribution is -1.84.